The van der Waals surface area contributed by atoms with Crippen LogP contribution in [0.25, 0.3) is 0 Å². The van der Waals surface area contributed by atoms with Gasteiger partial charge in [-0.1, -0.05) is 5.10 Å². The van der Waals surface area contributed by atoms with Crippen LogP contribution in [-0.2, 0) is 0 Å². The summed E-state index contributed by atoms with van der Waals surface area (Å²) in [4.78, 5) is 0. The van der Waals surface area contributed by atoms with Gasteiger partial charge in [-0.3, -0.25) is 0 Å². The van der Waals surface area contributed by atoms with Crippen LogP contribution >= 0.6 is 0 Å². The molecule has 0 unspecified atom stereocenters. The first-order chi connectivity index (χ1) is 6.39. The molecule has 13 heavy (non-hydrogen) atoms. The minimum absolute atomic E-state index is 0.598. The Morgan fingerprint density at radius 2 is 2.31 bits per heavy atom. The third-order valence-electron chi connectivity index (χ3n) is 3.28. The Labute approximate surface area is 76.3 Å². The second-order valence-corrected chi connectivity index (χ2v) is 4.23. The lowest BCUT2D eigenvalue weighted by Gasteiger charge is -2.12. The fourth-order valence-electron chi connectivity index (χ4n) is 2.08. The molecule has 5 nitrogen and oxygen atoms in total. The van der Waals surface area contributed by atoms with Crippen molar-refractivity contribution >= 4 is 5.95 Å². The highest BCUT2D eigenvalue weighted by molar-refractivity contribution is 5.22. The highest BCUT2D eigenvalue weighted by Gasteiger charge is 2.53. The molecule has 0 aromatic carbocycles. The molecule has 2 saturated carbocycles. The van der Waals surface area contributed by atoms with Crippen molar-refractivity contribution in [2.24, 2.45) is 11.3 Å². The summed E-state index contributed by atoms with van der Waals surface area (Å²) >= 11 is 0. The summed E-state index contributed by atoms with van der Waals surface area (Å²) in [7, 11) is 0. The fourth-order valence-corrected chi connectivity index (χ4v) is 2.08. The van der Waals surface area contributed by atoms with Crippen molar-refractivity contribution in [1.29, 1.82) is 0 Å². The summed E-state index contributed by atoms with van der Waals surface area (Å²) in [5.41, 5.74) is 0.598. The number of rotatable bonds is 4. The maximum Gasteiger partial charge on any atom is 0.263 e. The molecule has 0 radical (unpaired) electrons. The minimum atomic E-state index is 0.598. The molecule has 2 fully saturated rings. The van der Waals surface area contributed by atoms with Gasteiger partial charge in [-0.2, -0.15) is 5.21 Å². The SMILES string of the molecule is C1CC1C1(CNc2nn[nH]n2)CC1. The van der Waals surface area contributed by atoms with Gasteiger partial charge >= 0.3 is 0 Å². The van der Waals surface area contributed by atoms with E-state index in [-0.39, 0.29) is 0 Å². The van der Waals surface area contributed by atoms with Gasteiger partial charge in [-0.25, -0.2) is 0 Å². The first-order valence-corrected chi connectivity index (χ1v) is 4.86. The molecule has 0 aliphatic heterocycles. The second-order valence-electron chi connectivity index (χ2n) is 4.23. The number of hydrogen-bond donors (Lipinski definition) is 2. The van der Waals surface area contributed by atoms with Crippen molar-refractivity contribution in [1.82, 2.24) is 20.6 Å². The fraction of sp³-hybridized carbons (Fsp3) is 0.875. The Morgan fingerprint density at radius 3 is 2.85 bits per heavy atom. The number of nitrogens with zero attached hydrogens (tertiary/aromatic N) is 3. The van der Waals surface area contributed by atoms with E-state index in [4.69, 9.17) is 0 Å². The van der Waals surface area contributed by atoms with Gasteiger partial charge in [0.05, 0.1) is 0 Å². The largest absolute Gasteiger partial charge is 0.351 e. The number of aromatic amines is 1. The summed E-state index contributed by atoms with van der Waals surface area (Å²) in [5, 5.41) is 16.9. The van der Waals surface area contributed by atoms with Crippen LogP contribution in [0.3, 0.4) is 0 Å². The summed E-state index contributed by atoms with van der Waals surface area (Å²) < 4.78 is 0. The average Bonchev–Trinajstić information content (AvgIpc) is 3.02. The molecule has 1 aromatic rings. The number of aromatic nitrogens is 4. The third-order valence-corrected chi connectivity index (χ3v) is 3.28. The first kappa shape index (κ1) is 7.29. The van der Waals surface area contributed by atoms with Crippen LogP contribution in [0.2, 0.25) is 0 Å². The maximum atomic E-state index is 3.87. The standard InChI is InChI=1S/C8H13N5/c1-2-6(1)8(3-4-8)5-9-7-10-12-13-11-7/h6H,1-5H2,(H2,9,10,11,12,13). The van der Waals surface area contributed by atoms with Crippen molar-refractivity contribution in [2.75, 3.05) is 11.9 Å². The highest BCUT2D eigenvalue weighted by atomic mass is 15.5. The maximum absolute atomic E-state index is 3.87. The predicted molar refractivity (Wildman–Crippen MR) is 47.1 cm³/mol. The molecule has 0 spiro atoms. The van der Waals surface area contributed by atoms with Crippen molar-refractivity contribution in [3.63, 3.8) is 0 Å². The lowest BCUT2D eigenvalue weighted by Crippen LogP contribution is -2.17. The Kier molecular flexibility index (Phi) is 1.36. The molecular weight excluding hydrogens is 166 g/mol. The molecule has 0 amide bonds. The van der Waals surface area contributed by atoms with E-state index in [1.165, 1.54) is 25.7 Å². The van der Waals surface area contributed by atoms with E-state index in [2.05, 4.69) is 25.9 Å². The Morgan fingerprint density at radius 1 is 1.46 bits per heavy atom. The van der Waals surface area contributed by atoms with E-state index in [0.717, 1.165) is 12.5 Å². The van der Waals surface area contributed by atoms with Gasteiger partial charge in [0.15, 0.2) is 0 Å². The number of hydrogen-bond acceptors (Lipinski definition) is 4. The van der Waals surface area contributed by atoms with Crippen molar-refractivity contribution in [3.8, 4) is 0 Å². The van der Waals surface area contributed by atoms with Crippen LogP contribution in [-0.4, -0.2) is 27.2 Å². The van der Waals surface area contributed by atoms with Crippen LogP contribution in [0.15, 0.2) is 0 Å². The Hall–Kier alpha value is -1.13. The quantitative estimate of drug-likeness (QED) is 0.717. The molecule has 1 heterocycles. The monoisotopic (exact) mass is 179 g/mol. The molecule has 0 atom stereocenters. The summed E-state index contributed by atoms with van der Waals surface area (Å²) in [6.07, 6.45) is 5.60. The van der Waals surface area contributed by atoms with Crippen LogP contribution < -0.4 is 5.32 Å². The number of anilines is 1. The topological polar surface area (TPSA) is 66.5 Å². The smallest absolute Gasteiger partial charge is 0.263 e. The van der Waals surface area contributed by atoms with E-state index in [0.29, 0.717) is 11.4 Å². The average molecular weight is 179 g/mol. The normalized spacial score (nSPS) is 24.3. The Balaban J connectivity index is 1.58. The molecule has 3 rings (SSSR count). The van der Waals surface area contributed by atoms with Crippen molar-refractivity contribution < 1.29 is 0 Å². The zero-order valence-electron chi connectivity index (χ0n) is 7.45. The van der Waals surface area contributed by atoms with E-state index >= 15 is 0 Å². The molecule has 70 valence electrons. The van der Waals surface area contributed by atoms with E-state index in [9.17, 15) is 0 Å². The molecular formula is C8H13N5. The minimum Gasteiger partial charge on any atom is -0.351 e. The molecule has 2 N–H and O–H groups in total. The molecule has 0 bridgehead atoms. The van der Waals surface area contributed by atoms with Crippen LogP contribution in [0, 0.1) is 11.3 Å². The van der Waals surface area contributed by atoms with Gasteiger partial charge in [0.2, 0.25) is 0 Å². The van der Waals surface area contributed by atoms with Gasteiger partial charge in [-0.05, 0) is 42.2 Å². The van der Waals surface area contributed by atoms with E-state index in [1.807, 2.05) is 0 Å². The van der Waals surface area contributed by atoms with Crippen molar-refractivity contribution in [2.45, 2.75) is 25.7 Å². The van der Waals surface area contributed by atoms with Crippen LogP contribution in [0.5, 0.6) is 0 Å². The van der Waals surface area contributed by atoms with Gasteiger partial charge in [0, 0.05) is 6.54 Å². The molecule has 1 aromatic heterocycles. The van der Waals surface area contributed by atoms with Gasteiger partial charge in [0.1, 0.15) is 0 Å². The van der Waals surface area contributed by atoms with Crippen molar-refractivity contribution in [3.05, 3.63) is 0 Å². The van der Waals surface area contributed by atoms with Gasteiger partial charge in [0.25, 0.3) is 5.95 Å². The summed E-state index contributed by atoms with van der Waals surface area (Å²) in [6, 6.07) is 0. The summed E-state index contributed by atoms with van der Waals surface area (Å²) in [5.74, 6) is 1.61. The van der Waals surface area contributed by atoms with Crippen LogP contribution in [0.1, 0.15) is 25.7 Å². The first-order valence-electron chi connectivity index (χ1n) is 4.86. The summed E-state index contributed by atoms with van der Waals surface area (Å²) in [6.45, 7) is 1.02. The lowest BCUT2D eigenvalue weighted by atomic mass is 10.0. The Bertz CT molecular complexity index is 285. The molecule has 0 saturated heterocycles. The molecule has 2 aliphatic carbocycles. The molecule has 2 aliphatic rings. The zero-order chi connectivity index (χ0) is 8.73. The number of H-pyrrole nitrogens is 1. The predicted octanol–water partition coefficient (Wildman–Crippen LogP) is 0.802. The van der Waals surface area contributed by atoms with Gasteiger partial charge < -0.3 is 5.32 Å². The third kappa shape index (κ3) is 1.28. The van der Waals surface area contributed by atoms with Crippen LogP contribution in [0.4, 0.5) is 5.95 Å². The van der Waals surface area contributed by atoms with E-state index in [1.54, 1.807) is 0 Å². The van der Waals surface area contributed by atoms with E-state index < -0.39 is 0 Å². The highest BCUT2D eigenvalue weighted by Crippen LogP contribution is 2.61. The number of tetrazole rings is 1. The molecule has 5 heteroatoms. The second kappa shape index (κ2) is 2.43. The number of nitrogens with one attached hydrogen (secondary N) is 2. The zero-order valence-corrected chi connectivity index (χ0v) is 7.45. The lowest BCUT2D eigenvalue weighted by molar-refractivity contribution is 0.465. The van der Waals surface area contributed by atoms with Gasteiger partial charge in [-0.15, -0.1) is 5.10 Å².